The van der Waals surface area contributed by atoms with E-state index in [0.29, 0.717) is 10.4 Å². The summed E-state index contributed by atoms with van der Waals surface area (Å²) in [5.74, 6) is -1.89. The van der Waals surface area contributed by atoms with Gasteiger partial charge in [-0.25, -0.2) is 0 Å². The molecule has 2 N–H and O–H groups in total. The van der Waals surface area contributed by atoms with Crippen molar-refractivity contribution in [3.8, 4) is 0 Å². The number of non-ortho nitro benzene ring substituents is 1. The Morgan fingerprint density at radius 2 is 2.05 bits per heavy atom. The molecule has 8 heteroatoms. The lowest BCUT2D eigenvalue weighted by atomic mass is 9.95. The number of nitrogens with zero attached hydrogens (tertiary/aromatic N) is 1. The summed E-state index contributed by atoms with van der Waals surface area (Å²) in [7, 11) is 0. The second-order valence-electron chi connectivity index (χ2n) is 4.09. The van der Waals surface area contributed by atoms with Crippen LogP contribution in [0, 0.1) is 10.1 Å². The van der Waals surface area contributed by atoms with Gasteiger partial charge in [-0.2, -0.15) is 0 Å². The molecular weight excluding hydrogens is 284 g/mol. The fourth-order valence-electron chi connectivity index (χ4n) is 1.80. The minimum Gasteiger partial charge on any atom is -0.481 e. The van der Waals surface area contributed by atoms with Gasteiger partial charge in [-0.3, -0.25) is 19.7 Å². The number of thiazole rings is 1. The predicted octanol–water partition coefficient (Wildman–Crippen LogP) is 1.76. The molecule has 0 bridgehead atoms. The molecule has 2 rings (SSSR count). The Morgan fingerprint density at radius 1 is 1.40 bits per heavy atom. The highest BCUT2D eigenvalue weighted by Crippen LogP contribution is 2.24. The number of hydrogen-bond donors (Lipinski definition) is 2. The number of H-pyrrole nitrogens is 1. The van der Waals surface area contributed by atoms with Gasteiger partial charge in [-0.05, 0) is 5.56 Å². The van der Waals surface area contributed by atoms with Crippen molar-refractivity contribution in [2.24, 2.45) is 0 Å². The Bertz CT molecular complexity index is 688. The summed E-state index contributed by atoms with van der Waals surface area (Å²) in [6.45, 7) is 0. The first-order chi connectivity index (χ1) is 9.47. The van der Waals surface area contributed by atoms with Crippen LogP contribution in [0.3, 0.4) is 0 Å². The molecule has 0 saturated carbocycles. The molecule has 0 radical (unpaired) electrons. The monoisotopic (exact) mass is 294 g/mol. The van der Waals surface area contributed by atoms with Crippen LogP contribution in [0.15, 0.2) is 35.3 Å². The number of nitro benzene ring substituents is 1. The number of benzene rings is 1. The number of nitrogens with one attached hydrogen (secondary N) is 1. The van der Waals surface area contributed by atoms with E-state index in [9.17, 15) is 24.8 Å². The topological polar surface area (TPSA) is 113 Å². The number of aliphatic carboxylic acids is 1. The lowest BCUT2D eigenvalue weighted by Gasteiger charge is -2.11. The normalized spacial score (nSPS) is 12.0. The Labute approximate surface area is 116 Å². The highest BCUT2D eigenvalue weighted by atomic mass is 32.1. The summed E-state index contributed by atoms with van der Waals surface area (Å²) in [6, 6.07) is 5.38. The average Bonchev–Trinajstić information content (AvgIpc) is 2.81. The first-order valence-corrected chi connectivity index (χ1v) is 6.43. The first kappa shape index (κ1) is 13.9. The molecule has 0 aliphatic heterocycles. The molecule has 1 heterocycles. The van der Waals surface area contributed by atoms with Crippen LogP contribution in [-0.2, 0) is 11.2 Å². The Kier molecular flexibility index (Phi) is 3.94. The molecule has 2 aromatic rings. The van der Waals surface area contributed by atoms with Crippen LogP contribution in [0.1, 0.15) is 16.4 Å². The minimum atomic E-state index is -1.04. The molecule has 104 valence electrons. The Hall–Kier alpha value is -2.48. The van der Waals surface area contributed by atoms with Gasteiger partial charge in [0.05, 0.1) is 10.8 Å². The zero-order valence-electron chi connectivity index (χ0n) is 10.1. The third kappa shape index (κ3) is 3.09. The largest absolute Gasteiger partial charge is 0.481 e. The zero-order valence-corrected chi connectivity index (χ0v) is 10.9. The maximum Gasteiger partial charge on any atom is 0.311 e. The van der Waals surface area contributed by atoms with E-state index in [1.807, 2.05) is 0 Å². The SMILES string of the molecule is O=C(O)C(Cc1c[nH]c(=O)s1)c1ccc([N+](=O)[O-])cc1. The molecule has 0 aliphatic rings. The van der Waals surface area contributed by atoms with Gasteiger partial charge in [0, 0.05) is 29.6 Å². The maximum absolute atomic E-state index is 11.3. The highest BCUT2D eigenvalue weighted by molar-refractivity contribution is 7.09. The molecule has 0 fully saturated rings. The third-order valence-corrected chi connectivity index (χ3v) is 3.63. The summed E-state index contributed by atoms with van der Waals surface area (Å²) >= 11 is 0.954. The van der Waals surface area contributed by atoms with E-state index < -0.39 is 16.8 Å². The average molecular weight is 294 g/mol. The van der Waals surface area contributed by atoms with Crippen LogP contribution in [0.25, 0.3) is 0 Å². The zero-order chi connectivity index (χ0) is 14.7. The van der Waals surface area contributed by atoms with E-state index in [4.69, 9.17) is 0 Å². The number of aromatic amines is 1. The van der Waals surface area contributed by atoms with E-state index in [1.165, 1.54) is 30.5 Å². The summed E-state index contributed by atoms with van der Waals surface area (Å²) in [6.07, 6.45) is 1.64. The number of carboxylic acids is 1. The number of rotatable bonds is 5. The number of hydrogen-bond acceptors (Lipinski definition) is 5. The molecule has 1 unspecified atom stereocenters. The van der Waals surface area contributed by atoms with Crippen LogP contribution in [-0.4, -0.2) is 21.0 Å². The van der Waals surface area contributed by atoms with Crippen LogP contribution in [0.5, 0.6) is 0 Å². The predicted molar refractivity (Wildman–Crippen MR) is 72.1 cm³/mol. The fraction of sp³-hybridized carbons (Fsp3) is 0.167. The van der Waals surface area contributed by atoms with Gasteiger partial charge in [0.1, 0.15) is 0 Å². The second kappa shape index (κ2) is 5.66. The smallest absolute Gasteiger partial charge is 0.311 e. The molecule has 0 aliphatic carbocycles. The van der Waals surface area contributed by atoms with Crippen molar-refractivity contribution in [3.05, 3.63) is 60.7 Å². The molecular formula is C12H10N2O5S. The van der Waals surface area contributed by atoms with E-state index in [0.717, 1.165) is 11.3 Å². The number of nitro groups is 1. The summed E-state index contributed by atoms with van der Waals surface area (Å²) in [5, 5.41) is 19.8. The Morgan fingerprint density at radius 3 is 2.50 bits per heavy atom. The maximum atomic E-state index is 11.3. The van der Waals surface area contributed by atoms with Gasteiger partial charge in [0.25, 0.3) is 5.69 Å². The Balaban J connectivity index is 2.26. The lowest BCUT2D eigenvalue weighted by molar-refractivity contribution is -0.384. The summed E-state index contributed by atoms with van der Waals surface area (Å²) < 4.78 is 0. The molecule has 0 spiro atoms. The molecule has 7 nitrogen and oxygen atoms in total. The molecule has 1 aromatic heterocycles. The van der Waals surface area contributed by atoms with Gasteiger partial charge in [0.15, 0.2) is 0 Å². The highest BCUT2D eigenvalue weighted by Gasteiger charge is 2.22. The van der Waals surface area contributed by atoms with Crippen molar-refractivity contribution < 1.29 is 14.8 Å². The van der Waals surface area contributed by atoms with E-state index in [-0.39, 0.29) is 17.0 Å². The van der Waals surface area contributed by atoms with Crippen molar-refractivity contribution in [2.75, 3.05) is 0 Å². The van der Waals surface area contributed by atoms with Gasteiger partial charge in [0.2, 0.25) is 0 Å². The molecule has 0 amide bonds. The first-order valence-electron chi connectivity index (χ1n) is 5.62. The molecule has 0 saturated heterocycles. The minimum absolute atomic E-state index is 0.0933. The van der Waals surface area contributed by atoms with Gasteiger partial charge in [-0.15, -0.1) is 0 Å². The standard InChI is InChI=1S/C12H10N2O5S/c15-11(16)10(5-9-6-13-12(17)20-9)7-1-3-8(4-2-7)14(18)19/h1-4,6,10H,5H2,(H,13,17)(H,15,16). The van der Waals surface area contributed by atoms with Crippen molar-refractivity contribution in [3.63, 3.8) is 0 Å². The van der Waals surface area contributed by atoms with E-state index >= 15 is 0 Å². The number of carboxylic acid groups (broad SMARTS) is 1. The van der Waals surface area contributed by atoms with Gasteiger partial charge in [-0.1, -0.05) is 23.5 Å². The van der Waals surface area contributed by atoms with Crippen LogP contribution in [0.2, 0.25) is 0 Å². The molecule has 20 heavy (non-hydrogen) atoms. The van der Waals surface area contributed by atoms with Crippen LogP contribution >= 0.6 is 11.3 Å². The van der Waals surface area contributed by atoms with E-state index in [1.54, 1.807) is 0 Å². The number of aromatic nitrogens is 1. The molecule has 1 aromatic carbocycles. The quantitative estimate of drug-likeness (QED) is 0.644. The molecule has 1 atom stereocenters. The lowest BCUT2D eigenvalue weighted by Crippen LogP contribution is -2.14. The van der Waals surface area contributed by atoms with Crippen molar-refractivity contribution >= 4 is 23.0 Å². The van der Waals surface area contributed by atoms with Crippen molar-refractivity contribution in [1.29, 1.82) is 0 Å². The van der Waals surface area contributed by atoms with Crippen LogP contribution < -0.4 is 4.87 Å². The van der Waals surface area contributed by atoms with Gasteiger partial charge >= 0.3 is 10.8 Å². The fourth-order valence-corrected chi connectivity index (χ4v) is 2.52. The van der Waals surface area contributed by atoms with E-state index in [2.05, 4.69) is 4.98 Å². The van der Waals surface area contributed by atoms with Gasteiger partial charge < -0.3 is 10.1 Å². The third-order valence-electron chi connectivity index (χ3n) is 2.78. The van der Waals surface area contributed by atoms with Crippen molar-refractivity contribution in [2.45, 2.75) is 12.3 Å². The summed E-state index contributed by atoms with van der Waals surface area (Å²) in [5.41, 5.74) is 0.369. The van der Waals surface area contributed by atoms with Crippen LogP contribution in [0.4, 0.5) is 5.69 Å². The second-order valence-corrected chi connectivity index (χ2v) is 5.19. The van der Waals surface area contributed by atoms with Crippen molar-refractivity contribution in [1.82, 2.24) is 4.98 Å². The summed E-state index contributed by atoms with van der Waals surface area (Å²) in [4.78, 5) is 35.2. The number of carbonyl (C=O) groups is 1.